The topological polar surface area (TPSA) is 37.3 Å². The van der Waals surface area contributed by atoms with E-state index in [2.05, 4.69) is 20.8 Å². The summed E-state index contributed by atoms with van der Waals surface area (Å²) >= 11 is 0. The average molecular weight is 304 g/mol. The van der Waals surface area contributed by atoms with Crippen molar-refractivity contribution in [3.05, 3.63) is 0 Å². The van der Waals surface area contributed by atoms with Crippen LogP contribution in [-0.2, 0) is 4.79 Å². The van der Waals surface area contributed by atoms with Crippen molar-refractivity contribution in [2.45, 2.75) is 78.2 Å². The molecule has 8 atom stereocenters. The van der Waals surface area contributed by atoms with Gasteiger partial charge in [-0.05, 0) is 80.0 Å². The van der Waals surface area contributed by atoms with Gasteiger partial charge in [0.2, 0.25) is 0 Å². The number of aliphatic hydroxyl groups is 1. The predicted octanol–water partition coefficient (Wildman–Crippen LogP) is 4.21. The van der Waals surface area contributed by atoms with Crippen molar-refractivity contribution in [3.63, 3.8) is 0 Å². The number of hydrogen-bond acceptors (Lipinski definition) is 2. The normalized spacial score (nSPS) is 57.9. The van der Waals surface area contributed by atoms with Gasteiger partial charge in [-0.3, -0.25) is 4.79 Å². The van der Waals surface area contributed by atoms with E-state index in [4.69, 9.17) is 0 Å². The van der Waals surface area contributed by atoms with Gasteiger partial charge in [0.05, 0.1) is 6.10 Å². The van der Waals surface area contributed by atoms with E-state index >= 15 is 0 Å². The second kappa shape index (κ2) is 4.82. The monoisotopic (exact) mass is 304 g/mol. The molecule has 0 radical (unpaired) electrons. The molecule has 0 saturated heterocycles. The lowest BCUT2D eigenvalue weighted by Crippen LogP contribution is -2.56. The van der Waals surface area contributed by atoms with Gasteiger partial charge in [0.1, 0.15) is 5.78 Å². The summed E-state index contributed by atoms with van der Waals surface area (Å²) in [6, 6.07) is 0. The van der Waals surface area contributed by atoms with Crippen LogP contribution in [-0.4, -0.2) is 17.0 Å². The van der Waals surface area contributed by atoms with E-state index in [9.17, 15) is 9.90 Å². The first-order valence-corrected chi connectivity index (χ1v) is 9.57. The molecule has 124 valence electrons. The van der Waals surface area contributed by atoms with Crippen molar-refractivity contribution in [3.8, 4) is 0 Å². The Hall–Kier alpha value is -0.370. The van der Waals surface area contributed by atoms with Gasteiger partial charge in [-0.15, -0.1) is 0 Å². The third-order valence-electron chi connectivity index (χ3n) is 8.71. The Morgan fingerprint density at radius 1 is 1.05 bits per heavy atom. The van der Waals surface area contributed by atoms with Gasteiger partial charge < -0.3 is 5.11 Å². The second-order valence-electron chi connectivity index (χ2n) is 9.55. The molecule has 4 fully saturated rings. The van der Waals surface area contributed by atoms with Gasteiger partial charge in [-0.2, -0.15) is 0 Å². The van der Waals surface area contributed by atoms with Crippen LogP contribution in [0.4, 0.5) is 0 Å². The summed E-state index contributed by atoms with van der Waals surface area (Å²) in [4.78, 5) is 12.5. The smallest absolute Gasteiger partial charge is 0.139 e. The summed E-state index contributed by atoms with van der Waals surface area (Å²) in [6.45, 7) is 7.23. The third-order valence-corrected chi connectivity index (χ3v) is 8.71. The van der Waals surface area contributed by atoms with Crippen molar-refractivity contribution in [2.75, 3.05) is 0 Å². The van der Waals surface area contributed by atoms with Crippen LogP contribution in [0.2, 0.25) is 0 Å². The number of aliphatic hydroxyl groups excluding tert-OH is 1. The summed E-state index contributed by atoms with van der Waals surface area (Å²) in [5.41, 5.74) is 0.413. The Morgan fingerprint density at radius 2 is 1.82 bits per heavy atom. The largest absolute Gasteiger partial charge is 0.393 e. The van der Waals surface area contributed by atoms with Crippen LogP contribution in [0, 0.1) is 40.4 Å². The number of ketones is 1. The summed E-state index contributed by atoms with van der Waals surface area (Å²) < 4.78 is 0. The molecule has 0 spiro atoms. The molecule has 4 aliphatic rings. The molecule has 1 N–H and O–H groups in total. The lowest BCUT2D eigenvalue weighted by molar-refractivity contribution is -0.153. The van der Waals surface area contributed by atoms with Crippen molar-refractivity contribution >= 4 is 5.78 Å². The second-order valence-corrected chi connectivity index (χ2v) is 9.55. The lowest BCUT2D eigenvalue weighted by Gasteiger charge is -2.62. The molecule has 4 aliphatic carbocycles. The maximum absolute atomic E-state index is 12.5. The quantitative estimate of drug-likeness (QED) is 0.728. The van der Waals surface area contributed by atoms with Crippen molar-refractivity contribution < 1.29 is 9.90 Å². The molecule has 22 heavy (non-hydrogen) atoms. The first-order valence-electron chi connectivity index (χ1n) is 9.57. The summed E-state index contributed by atoms with van der Waals surface area (Å²) in [7, 11) is 0. The zero-order chi connectivity index (χ0) is 15.7. The van der Waals surface area contributed by atoms with E-state index in [0.717, 1.165) is 49.9 Å². The fourth-order valence-corrected chi connectivity index (χ4v) is 7.39. The van der Waals surface area contributed by atoms with E-state index < -0.39 is 0 Å². The van der Waals surface area contributed by atoms with Crippen LogP contribution in [0.15, 0.2) is 0 Å². The minimum atomic E-state index is -0.0660. The Kier molecular flexibility index (Phi) is 3.32. The number of rotatable bonds is 0. The molecular weight excluding hydrogens is 272 g/mol. The predicted molar refractivity (Wildman–Crippen MR) is 87.3 cm³/mol. The van der Waals surface area contributed by atoms with Gasteiger partial charge in [0, 0.05) is 11.8 Å². The van der Waals surface area contributed by atoms with Gasteiger partial charge in [0.25, 0.3) is 0 Å². The molecule has 0 bridgehead atoms. The molecule has 2 nitrogen and oxygen atoms in total. The molecule has 2 heteroatoms. The summed E-state index contributed by atoms with van der Waals surface area (Å²) in [5.74, 6) is 4.16. The van der Waals surface area contributed by atoms with Gasteiger partial charge in [-0.25, -0.2) is 0 Å². The maximum atomic E-state index is 12.5. The third kappa shape index (κ3) is 1.85. The Bertz CT molecular complexity index is 486. The molecule has 0 aromatic heterocycles. The maximum Gasteiger partial charge on any atom is 0.139 e. The van der Waals surface area contributed by atoms with Crippen LogP contribution >= 0.6 is 0 Å². The fourth-order valence-electron chi connectivity index (χ4n) is 7.39. The van der Waals surface area contributed by atoms with E-state index in [1.807, 2.05) is 0 Å². The van der Waals surface area contributed by atoms with Crippen molar-refractivity contribution in [2.24, 2.45) is 40.4 Å². The van der Waals surface area contributed by atoms with Crippen molar-refractivity contribution in [1.82, 2.24) is 0 Å². The van der Waals surface area contributed by atoms with Crippen LogP contribution < -0.4 is 0 Å². The highest BCUT2D eigenvalue weighted by atomic mass is 16.3. The first kappa shape index (κ1) is 15.2. The van der Waals surface area contributed by atoms with Crippen LogP contribution in [0.3, 0.4) is 0 Å². The lowest BCUT2D eigenvalue weighted by atomic mass is 9.43. The van der Waals surface area contributed by atoms with Gasteiger partial charge >= 0.3 is 0 Å². The molecule has 0 aromatic rings. The number of carbonyl (C=O) groups is 1. The molecule has 0 heterocycles. The summed E-state index contributed by atoms with van der Waals surface area (Å²) in [5, 5.41) is 10.1. The van der Waals surface area contributed by atoms with Gasteiger partial charge in [-0.1, -0.05) is 20.8 Å². The minimum Gasteiger partial charge on any atom is -0.393 e. The Morgan fingerprint density at radius 3 is 2.59 bits per heavy atom. The zero-order valence-corrected chi connectivity index (χ0v) is 14.5. The van der Waals surface area contributed by atoms with Crippen LogP contribution in [0.1, 0.15) is 72.1 Å². The average Bonchev–Trinajstić information content (AvgIpc) is 2.77. The van der Waals surface area contributed by atoms with E-state index in [1.165, 1.54) is 19.3 Å². The fraction of sp³-hybridized carbons (Fsp3) is 0.950. The van der Waals surface area contributed by atoms with E-state index in [-0.39, 0.29) is 11.5 Å². The number of hydrogen-bond donors (Lipinski definition) is 1. The Labute approximate surface area is 135 Å². The minimum absolute atomic E-state index is 0.00714. The van der Waals surface area contributed by atoms with E-state index in [1.54, 1.807) is 0 Å². The highest BCUT2D eigenvalue weighted by Crippen LogP contribution is 2.66. The number of carbonyl (C=O) groups excluding carboxylic acids is 1. The SMILES string of the molecule is C[C@@H]1C[C@H]2C[C@H](O)CC[C@]2(C)[C@H]2CC[C@]3(C)C(=O)CC[C@H]3[C@H]12. The number of Topliss-reactive ketones (excluding diaryl/α,β-unsaturated/α-hetero) is 1. The molecule has 0 aliphatic heterocycles. The first-order chi connectivity index (χ1) is 10.4. The molecule has 4 saturated carbocycles. The zero-order valence-electron chi connectivity index (χ0n) is 14.5. The molecule has 0 unspecified atom stereocenters. The van der Waals surface area contributed by atoms with E-state index in [0.29, 0.717) is 23.0 Å². The molecule has 0 aromatic carbocycles. The van der Waals surface area contributed by atoms with Crippen molar-refractivity contribution in [1.29, 1.82) is 0 Å². The standard InChI is InChI=1S/C20H32O2/c1-12-10-13-11-14(21)6-8-19(13,2)16-7-9-20(3)15(18(12)16)4-5-17(20)22/h12-16,18,21H,4-11H2,1-3H3/t12-,13+,14-,15+,16+,18+,19+,20+/m1/s1. The molecule has 4 rings (SSSR count). The summed E-state index contributed by atoms with van der Waals surface area (Å²) in [6.07, 6.45) is 8.76. The Balaban J connectivity index is 1.69. The van der Waals surface area contributed by atoms with Crippen LogP contribution in [0.5, 0.6) is 0 Å². The highest BCUT2D eigenvalue weighted by molar-refractivity contribution is 5.87. The number of fused-ring (bicyclic) bond motifs is 5. The molecular formula is C20H32O2. The highest BCUT2D eigenvalue weighted by Gasteiger charge is 2.61. The van der Waals surface area contributed by atoms with Gasteiger partial charge in [0.15, 0.2) is 0 Å². The molecule has 0 amide bonds. The van der Waals surface area contributed by atoms with Crippen LogP contribution in [0.25, 0.3) is 0 Å².